The third kappa shape index (κ3) is 3.31. The molecule has 3 N–H and O–H groups in total. The molecule has 0 aliphatic carbocycles. The van der Waals surface area contributed by atoms with Gasteiger partial charge in [-0.15, -0.1) is 0 Å². The minimum atomic E-state index is -1.15. The fourth-order valence-corrected chi connectivity index (χ4v) is 2.50. The Balaban J connectivity index is 1.89. The number of hydrogen-bond donors (Lipinski definition) is 2. The fraction of sp³-hybridized carbons (Fsp3) is 0.400. The van der Waals surface area contributed by atoms with Crippen LogP contribution in [0.25, 0.3) is 11.3 Å². The number of nitrogens with one attached hydrogen (secondary N) is 1. The smallest absolute Gasteiger partial charge is 0.254 e. The predicted octanol–water partition coefficient (Wildman–Crippen LogP) is 0.660. The van der Waals surface area contributed by atoms with E-state index in [1.165, 1.54) is 0 Å². The molecule has 3 rings (SSSR count). The molecule has 23 heavy (non-hydrogen) atoms. The number of pyridine rings is 1. The van der Waals surface area contributed by atoms with Gasteiger partial charge in [-0.3, -0.25) is 4.79 Å². The summed E-state index contributed by atoms with van der Waals surface area (Å²) in [6.45, 7) is 0.881. The lowest BCUT2D eigenvalue weighted by Gasteiger charge is -2.27. The zero-order chi connectivity index (χ0) is 16.4. The second-order valence-electron chi connectivity index (χ2n) is 5.53. The highest BCUT2D eigenvalue weighted by Crippen LogP contribution is 2.25. The molecule has 0 unspecified atom stereocenters. The van der Waals surface area contributed by atoms with Gasteiger partial charge < -0.3 is 20.4 Å². The number of primary amides is 1. The molecule has 0 spiro atoms. The SMILES string of the molecule is Cn1cnc(-c2cnc(O[C@@H]3CCNC[C@@H]3F)c(C(N)=O)c2)c1. The number of alkyl halides is 1. The van der Waals surface area contributed by atoms with E-state index in [4.69, 9.17) is 10.5 Å². The number of hydrogen-bond acceptors (Lipinski definition) is 5. The second-order valence-corrected chi connectivity index (χ2v) is 5.53. The number of piperidine rings is 1. The number of nitrogens with two attached hydrogens (primary N) is 1. The Bertz CT molecular complexity index is 718. The second kappa shape index (κ2) is 6.33. The van der Waals surface area contributed by atoms with Gasteiger partial charge >= 0.3 is 0 Å². The van der Waals surface area contributed by atoms with Crippen molar-refractivity contribution in [2.45, 2.75) is 18.7 Å². The Morgan fingerprint density at radius 1 is 1.52 bits per heavy atom. The van der Waals surface area contributed by atoms with Gasteiger partial charge in [0.25, 0.3) is 5.91 Å². The van der Waals surface area contributed by atoms with E-state index in [1.54, 1.807) is 29.4 Å². The van der Waals surface area contributed by atoms with Gasteiger partial charge in [-0.2, -0.15) is 0 Å². The van der Waals surface area contributed by atoms with E-state index >= 15 is 0 Å². The molecule has 1 saturated heterocycles. The maximum Gasteiger partial charge on any atom is 0.254 e. The highest BCUT2D eigenvalue weighted by Gasteiger charge is 2.28. The van der Waals surface area contributed by atoms with Crippen LogP contribution in [0.2, 0.25) is 0 Å². The topological polar surface area (TPSA) is 95.1 Å². The summed E-state index contributed by atoms with van der Waals surface area (Å²) in [5.74, 6) is -0.610. The van der Waals surface area contributed by atoms with Crippen molar-refractivity contribution >= 4 is 5.91 Å². The summed E-state index contributed by atoms with van der Waals surface area (Å²) in [4.78, 5) is 20.1. The molecule has 0 radical (unpaired) electrons. The number of aryl methyl sites for hydroxylation is 1. The van der Waals surface area contributed by atoms with Crippen molar-refractivity contribution in [1.29, 1.82) is 0 Å². The minimum Gasteiger partial charge on any atom is -0.471 e. The maximum atomic E-state index is 13.9. The Labute approximate surface area is 132 Å². The van der Waals surface area contributed by atoms with Crippen molar-refractivity contribution < 1.29 is 13.9 Å². The number of carbonyl (C=O) groups is 1. The number of amides is 1. The van der Waals surface area contributed by atoms with Crippen LogP contribution in [0.4, 0.5) is 4.39 Å². The molecule has 0 aromatic carbocycles. The third-order valence-electron chi connectivity index (χ3n) is 3.73. The quantitative estimate of drug-likeness (QED) is 0.863. The Hall–Kier alpha value is -2.48. The van der Waals surface area contributed by atoms with Crippen LogP contribution in [-0.2, 0) is 7.05 Å². The number of rotatable bonds is 4. The minimum absolute atomic E-state index is 0.0618. The molecule has 1 fully saturated rings. The monoisotopic (exact) mass is 319 g/mol. The van der Waals surface area contributed by atoms with Crippen LogP contribution in [0, 0.1) is 0 Å². The molecule has 0 saturated carbocycles. The van der Waals surface area contributed by atoms with E-state index in [0.717, 1.165) is 0 Å². The van der Waals surface area contributed by atoms with Crippen molar-refractivity contribution in [3.63, 3.8) is 0 Å². The van der Waals surface area contributed by atoms with Crippen LogP contribution in [0.1, 0.15) is 16.8 Å². The maximum absolute atomic E-state index is 13.9. The summed E-state index contributed by atoms with van der Waals surface area (Å²) in [6.07, 6.45) is 3.70. The number of imidazole rings is 1. The Kier molecular flexibility index (Phi) is 4.24. The van der Waals surface area contributed by atoms with Crippen LogP contribution in [-0.4, -0.2) is 45.8 Å². The lowest BCUT2D eigenvalue weighted by atomic mass is 10.1. The molecule has 2 atom stereocenters. The van der Waals surface area contributed by atoms with Gasteiger partial charge in [-0.05, 0) is 19.0 Å². The van der Waals surface area contributed by atoms with E-state index in [0.29, 0.717) is 24.2 Å². The molecule has 2 aromatic heterocycles. The van der Waals surface area contributed by atoms with Gasteiger partial charge in [0.05, 0.1) is 12.0 Å². The fourth-order valence-electron chi connectivity index (χ4n) is 2.50. The van der Waals surface area contributed by atoms with E-state index in [1.807, 2.05) is 7.05 Å². The van der Waals surface area contributed by atoms with Gasteiger partial charge in [-0.1, -0.05) is 0 Å². The van der Waals surface area contributed by atoms with Crippen molar-refractivity contribution in [3.8, 4) is 17.1 Å². The van der Waals surface area contributed by atoms with Crippen LogP contribution >= 0.6 is 0 Å². The van der Waals surface area contributed by atoms with Gasteiger partial charge in [0.2, 0.25) is 5.88 Å². The Morgan fingerprint density at radius 3 is 3.00 bits per heavy atom. The van der Waals surface area contributed by atoms with Crippen LogP contribution in [0.15, 0.2) is 24.8 Å². The lowest BCUT2D eigenvalue weighted by molar-refractivity contribution is 0.0676. The molecule has 0 bridgehead atoms. The molecule has 1 aliphatic heterocycles. The number of carbonyl (C=O) groups excluding carboxylic acids is 1. The van der Waals surface area contributed by atoms with Crippen LogP contribution < -0.4 is 15.8 Å². The van der Waals surface area contributed by atoms with Gasteiger partial charge in [-0.25, -0.2) is 14.4 Å². The number of halogens is 1. The summed E-state index contributed by atoms with van der Waals surface area (Å²) in [6, 6.07) is 1.57. The lowest BCUT2D eigenvalue weighted by Crippen LogP contribution is -2.44. The summed E-state index contributed by atoms with van der Waals surface area (Å²) in [5.41, 5.74) is 6.85. The molecular weight excluding hydrogens is 301 g/mol. The summed E-state index contributed by atoms with van der Waals surface area (Å²) in [7, 11) is 1.84. The van der Waals surface area contributed by atoms with Crippen molar-refractivity contribution in [2.24, 2.45) is 12.8 Å². The molecular formula is C15H18FN5O2. The summed E-state index contributed by atoms with van der Waals surface area (Å²) < 4.78 is 21.3. The largest absolute Gasteiger partial charge is 0.471 e. The number of ether oxygens (including phenoxy) is 1. The standard InChI is InChI=1S/C15H18FN5O2/c1-21-7-12(20-8-21)9-4-10(14(17)22)15(19-5-9)23-13-2-3-18-6-11(13)16/h4-5,7-8,11,13,18H,2-3,6H2,1H3,(H2,17,22)/t11-,13+/m0/s1. The van der Waals surface area contributed by atoms with E-state index in [9.17, 15) is 9.18 Å². The van der Waals surface area contributed by atoms with Crippen LogP contribution in [0.5, 0.6) is 5.88 Å². The average Bonchev–Trinajstić information content (AvgIpc) is 2.96. The van der Waals surface area contributed by atoms with Crippen molar-refractivity contribution in [1.82, 2.24) is 19.9 Å². The first-order chi connectivity index (χ1) is 11.0. The third-order valence-corrected chi connectivity index (χ3v) is 3.73. The zero-order valence-corrected chi connectivity index (χ0v) is 12.7. The highest BCUT2D eigenvalue weighted by atomic mass is 19.1. The molecule has 8 heteroatoms. The molecule has 1 amide bonds. The van der Waals surface area contributed by atoms with Gasteiger partial charge in [0.15, 0.2) is 0 Å². The van der Waals surface area contributed by atoms with Gasteiger partial charge in [0.1, 0.15) is 17.8 Å². The number of aromatic nitrogens is 3. The molecule has 3 heterocycles. The normalized spacial score (nSPS) is 21.1. The summed E-state index contributed by atoms with van der Waals surface area (Å²) >= 11 is 0. The van der Waals surface area contributed by atoms with Gasteiger partial charge in [0, 0.05) is 31.5 Å². The van der Waals surface area contributed by atoms with Crippen molar-refractivity contribution in [2.75, 3.05) is 13.1 Å². The summed E-state index contributed by atoms with van der Waals surface area (Å²) in [5, 5.41) is 2.94. The highest BCUT2D eigenvalue weighted by molar-refractivity contribution is 5.96. The molecule has 7 nitrogen and oxygen atoms in total. The number of nitrogens with zero attached hydrogens (tertiary/aromatic N) is 3. The van der Waals surface area contributed by atoms with Crippen LogP contribution in [0.3, 0.4) is 0 Å². The van der Waals surface area contributed by atoms with E-state index < -0.39 is 18.2 Å². The van der Waals surface area contributed by atoms with E-state index in [-0.39, 0.29) is 18.0 Å². The first kappa shape index (κ1) is 15.4. The Morgan fingerprint density at radius 2 is 2.35 bits per heavy atom. The van der Waals surface area contributed by atoms with E-state index in [2.05, 4.69) is 15.3 Å². The van der Waals surface area contributed by atoms with Crippen molar-refractivity contribution in [3.05, 3.63) is 30.4 Å². The molecule has 122 valence electrons. The predicted molar refractivity (Wildman–Crippen MR) is 81.8 cm³/mol. The first-order valence-electron chi connectivity index (χ1n) is 7.34. The zero-order valence-electron chi connectivity index (χ0n) is 12.7. The first-order valence-corrected chi connectivity index (χ1v) is 7.34. The molecule has 1 aliphatic rings. The average molecular weight is 319 g/mol. The molecule has 2 aromatic rings.